The molecule has 2 rings (SSSR count). The number of carboxylic acid groups (broad SMARTS) is 1. The molecule has 0 amide bonds. The van der Waals surface area contributed by atoms with Crippen molar-refractivity contribution in [2.24, 2.45) is 0 Å². The summed E-state index contributed by atoms with van der Waals surface area (Å²) in [5.41, 5.74) is 0.731. The van der Waals surface area contributed by atoms with E-state index in [1.54, 1.807) is 36.1 Å². The summed E-state index contributed by atoms with van der Waals surface area (Å²) in [6.07, 6.45) is 0. The lowest BCUT2D eigenvalue weighted by molar-refractivity contribution is -0.135. The maximum atomic E-state index is 10.9. The van der Waals surface area contributed by atoms with E-state index in [4.69, 9.17) is 21.2 Å². The predicted octanol–water partition coefficient (Wildman–Crippen LogP) is 2.12. The summed E-state index contributed by atoms with van der Waals surface area (Å²) in [5.74, 6) is -0.0507. The van der Waals surface area contributed by atoms with Crippen LogP contribution in [0.2, 0.25) is 5.02 Å². The Hall–Kier alpha value is -2.08. The van der Waals surface area contributed by atoms with Crippen molar-refractivity contribution in [2.45, 2.75) is 13.5 Å². The molecule has 0 aliphatic rings. The van der Waals surface area contributed by atoms with E-state index in [0.717, 1.165) is 5.69 Å². The lowest BCUT2D eigenvalue weighted by Gasteiger charge is -2.21. The van der Waals surface area contributed by atoms with Crippen molar-refractivity contribution in [2.75, 3.05) is 11.4 Å². The lowest BCUT2D eigenvalue weighted by atomic mass is 10.3. The Bertz CT molecular complexity index is 568. The summed E-state index contributed by atoms with van der Waals surface area (Å²) in [4.78, 5) is 16.6. The molecule has 0 aliphatic heterocycles. The van der Waals surface area contributed by atoms with E-state index < -0.39 is 5.97 Å². The quantitative estimate of drug-likeness (QED) is 0.904. The zero-order chi connectivity index (χ0) is 13.8. The van der Waals surface area contributed by atoms with Gasteiger partial charge in [-0.2, -0.15) is 4.98 Å². The van der Waals surface area contributed by atoms with E-state index in [2.05, 4.69) is 10.1 Å². The normalized spacial score (nSPS) is 10.4. The molecule has 7 heteroatoms. The van der Waals surface area contributed by atoms with Crippen LogP contribution in [-0.2, 0) is 11.3 Å². The van der Waals surface area contributed by atoms with Crippen LogP contribution in [0, 0.1) is 6.92 Å². The minimum absolute atomic E-state index is 0.158. The number of hydrogen-bond acceptors (Lipinski definition) is 5. The largest absolute Gasteiger partial charge is 0.480 e. The van der Waals surface area contributed by atoms with Crippen molar-refractivity contribution in [1.82, 2.24) is 10.1 Å². The molecule has 0 bridgehead atoms. The van der Waals surface area contributed by atoms with Gasteiger partial charge in [-0.25, -0.2) is 0 Å². The van der Waals surface area contributed by atoms with Crippen molar-refractivity contribution in [3.8, 4) is 0 Å². The molecule has 1 aromatic carbocycles. The van der Waals surface area contributed by atoms with Crippen LogP contribution in [0.1, 0.15) is 11.7 Å². The fraction of sp³-hybridized carbons (Fsp3) is 0.250. The molecule has 19 heavy (non-hydrogen) atoms. The topological polar surface area (TPSA) is 79.5 Å². The fourth-order valence-corrected chi connectivity index (χ4v) is 1.76. The molecular formula is C12H12ClN3O3. The molecule has 1 heterocycles. The third-order valence-electron chi connectivity index (χ3n) is 2.42. The summed E-state index contributed by atoms with van der Waals surface area (Å²) < 4.78 is 4.87. The SMILES string of the molecule is Cc1nc(CN(CC(=O)O)c2ccc(Cl)cc2)no1. The van der Waals surface area contributed by atoms with Crippen LogP contribution in [0.3, 0.4) is 0 Å². The smallest absolute Gasteiger partial charge is 0.323 e. The van der Waals surface area contributed by atoms with Crippen LogP contribution in [0.5, 0.6) is 0 Å². The third-order valence-corrected chi connectivity index (χ3v) is 2.67. The zero-order valence-electron chi connectivity index (χ0n) is 10.2. The van der Waals surface area contributed by atoms with E-state index in [1.165, 1.54) is 0 Å². The molecule has 0 saturated heterocycles. The van der Waals surface area contributed by atoms with Gasteiger partial charge in [0, 0.05) is 17.6 Å². The van der Waals surface area contributed by atoms with E-state index in [0.29, 0.717) is 16.7 Å². The van der Waals surface area contributed by atoms with Crippen LogP contribution < -0.4 is 4.90 Å². The molecule has 0 radical (unpaired) electrons. The van der Waals surface area contributed by atoms with Gasteiger partial charge < -0.3 is 14.5 Å². The van der Waals surface area contributed by atoms with Crippen LogP contribution in [0.4, 0.5) is 5.69 Å². The number of halogens is 1. The van der Waals surface area contributed by atoms with Gasteiger partial charge in [0.05, 0.1) is 6.54 Å². The van der Waals surface area contributed by atoms with Crippen LogP contribution >= 0.6 is 11.6 Å². The van der Waals surface area contributed by atoms with Gasteiger partial charge in [-0.15, -0.1) is 0 Å². The van der Waals surface area contributed by atoms with Gasteiger partial charge in [0.2, 0.25) is 5.89 Å². The number of aliphatic carboxylic acids is 1. The lowest BCUT2D eigenvalue weighted by Crippen LogP contribution is -2.29. The van der Waals surface area contributed by atoms with Gasteiger partial charge in [0.1, 0.15) is 6.54 Å². The van der Waals surface area contributed by atoms with Gasteiger partial charge >= 0.3 is 5.97 Å². The van der Waals surface area contributed by atoms with E-state index >= 15 is 0 Å². The summed E-state index contributed by atoms with van der Waals surface area (Å²) in [7, 11) is 0. The number of anilines is 1. The monoisotopic (exact) mass is 281 g/mol. The first-order valence-corrected chi connectivity index (χ1v) is 5.94. The fourth-order valence-electron chi connectivity index (χ4n) is 1.63. The molecule has 0 fully saturated rings. The van der Waals surface area contributed by atoms with Gasteiger partial charge in [-0.05, 0) is 24.3 Å². The van der Waals surface area contributed by atoms with Crippen LogP contribution in [0.15, 0.2) is 28.8 Å². The summed E-state index contributed by atoms with van der Waals surface area (Å²) in [5, 5.41) is 13.3. The number of aromatic nitrogens is 2. The Kier molecular flexibility index (Phi) is 4.01. The van der Waals surface area contributed by atoms with Gasteiger partial charge in [-0.3, -0.25) is 4.79 Å². The molecular weight excluding hydrogens is 270 g/mol. The maximum Gasteiger partial charge on any atom is 0.323 e. The number of hydrogen-bond donors (Lipinski definition) is 1. The number of aryl methyl sites for hydroxylation is 1. The minimum atomic E-state index is -0.935. The zero-order valence-corrected chi connectivity index (χ0v) is 11.0. The van der Waals surface area contributed by atoms with Gasteiger partial charge in [0.15, 0.2) is 5.82 Å². The number of nitrogens with zero attached hydrogens (tertiary/aromatic N) is 3. The van der Waals surface area contributed by atoms with Crippen molar-refractivity contribution in [3.63, 3.8) is 0 Å². The van der Waals surface area contributed by atoms with Crippen LogP contribution in [-0.4, -0.2) is 27.8 Å². The Morgan fingerprint density at radius 3 is 2.63 bits per heavy atom. The van der Waals surface area contributed by atoms with Crippen molar-refractivity contribution < 1.29 is 14.4 Å². The summed E-state index contributed by atoms with van der Waals surface area (Å²) >= 11 is 5.81. The van der Waals surface area contributed by atoms with Gasteiger partial charge in [-0.1, -0.05) is 16.8 Å². The maximum absolute atomic E-state index is 10.9. The Labute approximate surface area is 114 Å². The minimum Gasteiger partial charge on any atom is -0.480 e. The second kappa shape index (κ2) is 5.71. The molecule has 6 nitrogen and oxygen atoms in total. The van der Waals surface area contributed by atoms with E-state index in [-0.39, 0.29) is 13.1 Å². The Balaban J connectivity index is 2.20. The standard InChI is InChI=1S/C12H12ClN3O3/c1-8-14-11(15-19-8)6-16(7-12(17)18)10-4-2-9(13)3-5-10/h2-5H,6-7H2,1H3,(H,17,18). The number of carboxylic acids is 1. The van der Waals surface area contributed by atoms with Crippen molar-refractivity contribution >= 4 is 23.3 Å². The highest BCUT2D eigenvalue weighted by Crippen LogP contribution is 2.19. The van der Waals surface area contributed by atoms with E-state index in [9.17, 15) is 4.79 Å². The first-order valence-electron chi connectivity index (χ1n) is 5.56. The summed E-state index contributed by atoms with van der Waals surface area (Å²) in [6.45, 7) is 1.78. The summed E-state index contributed by atoms with van der Waals surface area (Å²) in [6, 6.07) is 6.90. The molecule has 0 saturated carbocycles. The molecule has 100 valence electrons. The third kappa shape index (κ3) is 3.69. The average Bonchev–Trinajstić information content (AvgIpc) is 2.74. The van der Waals surface area contributed by atoms with Gasteiger partial charge in [0.25, 0.3) is 0 Å². The Morgan fingerprint density at radius 2 is 2.11 bits per heavy atom. The predicted molar refractivity (Wildman–Crippen MR) is 69.2 cm³/mol. The number of carbonyl (C=O) groups is 1. The molecule has 0 aliphatic carbocycles. The first kappa shape index (κ1) is 13.4. The van der Waals surface area contributed by atoms with Crippen molar-refractivity contribution in [1.29, 1.82) is 0 Å². The van der Waals surface area contributed by atoms with Crippen LogP contribution in [0.25, 0.3) is 0 Å². The molecule has 1 aromatic heterocycles. The molecule has 0 atom stereocenters. The highest BCUT2D eigenvalue weighted by Gasteiger charge is 2.14. The molecule has 0 spiro atoms. The average molecular weight is 282 g/mol. The molecule has 0 unspecified atom stereocenters. The molecule has 1 N–H and O–H groups in total. The second-order valence-corrected chi connectivity index (χ2v) is 4.39. The molecule has 2 aromatic rings. The highest BCUT2D eigenvalue weighted by atomic mass is 35.5. The van der Waals surface area contributed by atoms with E-state index in [1.807, 2.05) is 0 Å². The number of rotatable bonds is 5. The van der Waals surface area contributed by atoms with Crippen molar-refractivity contribution in [3.05, 3.63) is 41.0 Å². The number of benzene rings is 1. The first-order chi connectivity index (χ1) is 9.04. The second-order valence-electron chi connectivity index (χ2n) is 3.96. The Morgan fingerprint density at radius 1 is 1.42 bits per heavy atom. The highest BCUT2D eigenvalue weighted by molar-refractivity contribution is 6.30.